The van der Waals surface area contributed by atoms with Crippen molar-refractivity contribution in [3.8, 4) is 0 Å². The molecule has 0 radical (unpaired) electrons. The van der Waals surface area contributed by atoms with Crippen LogP contribution in [0, 0.1) is 5.92 Å². The minimum atomic E-state index is 0.116. The first-order chi connectivity index (χ1) is 5.18. The summed E-state index contributed by atoms with van der Waals surface area (Å²) in [5, 5.41) is 8.43. The first kappa shape index (κ1) is 17.1. The zero-order valence-corrected chi connectivity index (χ0v) is 8.89. The van der Waals surface area contributed by atoms with Crippen molar-refractivity contribution in [3.05, 3.63) is 0 Å². The van der Waals surface area contributed by atoms with Gasteiger partial charge < -0.3 is 10.8 Å². The van der Waals surface area contributed by atoms with Gasteiger partial charge in [0.05, 0.1) is 0 Å². The van der Waals surface area contributed by atoms with E-state index in [0.29, 0.717) is 0 Å². The van der Waals surface area contributed by atoms with E-state index >= 15 is 0 Å². The molecule has 2 unspecified atom stereocenters. The Kier molecular flexibility index (Phi) is 25.7. The molecule has 0 rings (SSSR count). The molecule has 0 aliphatic rings. The molecule has 0 saturated carbocycles. The Morgan fingerprint density at radius 2 is 1.36 bits per heavy atom. The number of nitrogens with two attached hydrogens (primary N) is 1. The van der Waals surface area contributed by atoms with Gasteiger partial charge in [0.15, 0.2) is 0 Å². The second-order valence-corrected chi connectivity index (χ2v) is 2.02. The van der Waals surface area contributed by atoms with E-state index in [1.807, 2.05) is 41.5 Å². The highest BCUT2D eigenvalue weighted by molar-refractivity contribution is 4.60. The molecule has 0 amide bonds. The van der Waals surface area contributed by atoms with E-state index < -0.39 is 0 Å². The van der Waals surface area contributed by atoms with E-state index in [9.17, 15) is 0 Å². The van der Waals surface area contributed by atoms with E-state index in [1.54, 1.807) is 0 Å². The average Bonchev–Trinajstić information content (AvgIpc) is 2.10. The molecule has 0 bridgehead atoms. The molecule has 0 aromatic heterocycles. The van der Waals surface area contributed by atoms with E-state index in [0.717, 1.165) is 0 Å². The highest BCUT2D eigenvalue weighted by Crippen LogP contribution is 1.95. The second kappa shape index (κ2) is 16.5. The van der Waals surface area contributed by atoms with Gasteiger partial charge in [-0.1, -0.05) is 34.6 Å². The molecular formula is C9H25NO. The van der Waals surface area contributed by atoms with Gasteiger partial charge in [-0.15, -0.1) is 0 Å². The summed E-state index contributed by atoms with van der Waals surface area (Å²) in [5.41, 5.74) is 5.39. The fourth-order valence-corrected chi connectivity index (χ4v) is 0.166. The topological polar surface area (TPSA) is 46.2 Å². The quantitative estimate of drug-likeness (QED) is 0.654. The van der Waals surface area contributed by atoms with Crippen LogP contribution in [-0.4, -0.2) is 17.8 Å². The monoisotopic (exact) mass is 163 g/mol. The predicted octanol–water partition coefficient (Wildman–Crippen LogP) is 2.01. The Bertz CT molecular complexity index is 46.8. The van der Waals surface area contributed by atoms with E-state index in [-0.39, 0.29) is 18.6 Å². The molecule has 0 heterocycles. The van der Waals surface area contributed by atoms with Crippen LogP contribution >= 0.6 is 0 Å². The fraction of sp³-hybridized carbons (Fsp3) is 1.00. The molecular weight excluding hydrogens is 138 g/mol. The third-order valence-corrected chi connectivity index (χ3v) is 1.19. The third kappa shape index (κ3) is 17.8. The van der Waals surface area contributed by atoms with Crippen LogP contribution in [0.4, 0.5) is 0 Å². The molecule has 2 heteroatoms. The Hall–Kier alpha value is -0.0800. The Labute approximate surface area is 71.8 Å². The molecule has 0 aliphatic carbocycles. The minimum Gasteiger partial charge on any atom is -0.396 e. The maximum absolute atomic E-state index is 8.43. The summed E-state index contributed by atoms with van der Waals surface area (Å²) < 4.78 is 0. The van der Waals surface area contributed by atoms with Crippen LogP contribution in [0.2, 0.25) is 0 Å². The van der Waals surface area contributed by atoms with Crippen molar-refractivity contribution in [1.29, 1.82) is 0 Å². The lowest BCUT2D eigenvalue weighted by Gasteiger charge is -2.09. The van der Waals surface area contributed by atoms with Crippen LogP contribution in [0.5, 0.6) is 0 Å². The van der Waals surface area contributed by atoms with Crippen LogP contribution < -0.4 is 5.73 Å². The number of aliphatic hydroxyl groups excluding tert-OH is 1. The summed E-state index contributed by atoms with van der Waals surface area (Å²) in [6.07, 6.45) is 0. The van der Waals surface area contributed by atoms with Gasteiger partial charge in [-0.3, -0.25) is 0 Å². The van der Waals surface area contributed by atoms with Gasteiger partial charge in [0.2, 0.25) is 0 Å². The van der Waals surface area contributed by atoms with Gasteiger partial charge in [0.25, 0.3) is 0 Å². The van der Waals surface area contributed by atoms with Crippen molar-refractivity contribution in [1.82, 2.24) is 0 Å². The number of hydrogen-bond acceptors (Lipinski definition) is 2. The predicted molar refractivity (Wildman–Crippen MR) is 52.6 cm³/mol. The lowest BCUT2D eigenvalue weighted by molar-refractivity contribution is 0.221. The molecule has 0 saturated heterocycles. The van der Waals surface area contributed by atoms with Crippen LogP contribution in [0.3, 0.4) is 0 Å². The van der Waals surface area contributed by atoms with E-state index in [4.69, 9.17) is 10.8 Å². The number of aliphatic hydroxyl groups is 1. The molecule has 0 spiro atoms. The van der Waals surface area contributed by atoms with Crippen LogP contribution in [0.15, 0.2) is 0 Å². The molecule has 0 fully saturated rings. The van der Waals surface area contributed by atoms with Crippen molar-refractivity contribution in [2.24, 2.45) is 11.7 Å². The summed E-state index contributed by atoms with van der Waals surface area (Å²) >= 11 is 0. The summed E-state index contributed by atoms with van der Waals surface area (Å²) in [5.74, 6) is 0.236. The summed E-state index contributed by atoms with van der Waals surface area (Å²) in [7, 11) is 0. The van der Waals surface area contributed by atoms with E-state index in [1.165, 1.54) is 0 Å². The third-order valence-electron chi connectivity index (χ3n) is 1.19. The molecule has 2 atom stereocenters. The first-order valence-corrected chi connectivity index (χ1v) is 4.55. The number of rotatable bonds is 2. The molecule has 0 aromatic rings. The normalized spacial score (nSPS) is 13.1. The molecule has 0 aromatic carbocycles. The minimum absolute atomic E-state index is 0.116. The van der Waals surface area contributed by atoms with Gasteiger partial charge >= 0.3 is 0 Å². The standard InChI is InChI=1S/C5H13NO.2C2H6/c1-4(3-7)5(2)6;2*1-2/h4-5,7H,3,6H2,1-2H3;2*1-2H3. The van der Waals surface area contributed by atoms with Crippen molar-refractivity contribution in [3.63, 3.8) is 0 Å². The van der Waals surface area contributed by atoms with Crippen molar-refractivity contribution < 1.29 is 5.11 Å². The maximum atomic E-state index is 8.43. The highest BCUT2D eigenvalue weighted by atomic mass is 16.3. The summed E-state index contributed by atoms with van der Waals surface area (Å²) in [4.78, 5) is 0. The van der Waals surface area contributed by atoms with Gasteiger partial charge in [-0.05, 0) is 12.8 Å². The second-order valence-electron chi connectivity index (χ2n) is 2.02. The van der Waals surface area contributed by atoms with Crippen molar-refractivity contribution in [2.75, 3.05) is 6.61 Å². The van der Waals surface area contributed by atoms with Crippen LogP contribution in [0.25, 0.3) is 0 Å². The Morgan fingerprint density at radius 1 is 1.09 bits per heavy atom. The molecule has 3 N–H and O–H groups in total. The van der Waals surface area contributed by atoms with Gasteiger partial charge in [-0.25, -0.2) is 0 Å². The maximum Gasteiger partial charge on any atom is 0.0471 e. The summed E-state index contributed by atoms with van der Waals surface area (Å²) in [6, 6.07) is 0.116. The average molecular weight is 163 g/mol. The first-order valence-electron chi connectivity index (χ1n) is 4.55. The smallest absolute Gasteiger partial charge is 0.0471 e. The molecule has 11 heavy (non-hydrogen) atoms. The molecule has 2 nitrogen and oxygen atoms in total. The highest BCUT2D eigenvalue weighted by Gasteiger charge is 2.02. The van der Waals surface area contributed by atoms with Gasteiger partial charge in [-0.2, -0.15) is 0 Å². The van der Waals surface area contributed by atoms with Crippen molar-refractivity contribution >= 4 is 0 Å². The van der Waals surface area contributed by atoms with E-state index in [2.05, 4.69) is 0 Å². The zero-order chi connectivity index (χ0) is 9.86. The lowest BCUT2D eigenvalue weighted by atomic mass is 10.1. The van der Waals surface area contributed by atoms with Crippen LogP contribution in [-0.2, 0) is 0 Å². The van der Waals surface area contributed by atoms with Gasteiger partial charge in [0, 0.05) is 12.6 Å². The molecule has 0 aliphatic heterocycles. The Balaban J connectivity index is -0.000000138. The van der Waals surface area contributed by atoms with Crippen molar-refractivity contribution in [2.45, 2.75) is 47.6 Å². The van der Waals surface area contributed by atoms with Crippen LogP contribution in [0.1, 0.15) is 41.5 Å². The summed E-state index contributed by atoms with van der Waals surface area (Å²) in [6.45, 7) is 12.0. The fourth-order valence-electron chi connectivity index (χ4n) is 0.166. The lowest BCUT2D eigenvalue weighted by Crippen LogP contribution is -2.26. The number of hydrogen-bond donors (Lipinski definition) is 2. The molecule has 72 valence electrons. The Morgan fingerprint density at radius 3 is 1.36 bits per heavy atom. The largest absolute Gasteiger partial charge is 0.396 e. The SMILES string of the molecule is CC.CC.CC(N)C(C)CO. The van der Waals surface area contributed by atoms with Gasteiger partial charge in [0.1, 0.15) is 0 Å². The zero-order valence-electron chi connectivity index (χ0n) is 8.89.